The minimum Gasteiger partial charge on any atom is -0.368 e. The van der Waals surface area contributed by atoms with Crippen molar-refractivity contribution in [1.29, 1.82) is 0 Å². The zero-order valence-electron chi connectivity index (χ0n) is 11.1. The van der Waals surface area contributed by atoms with Crippen LogP contribution in [-0.2, 0) is 4.79 Å². The molecular weight excluding hydrogens is 232 g/mol. The Kier molecular flexibility index (Phi) is 6.34. The van der Waals surface area contributed by atoms with E-state index in [1.807, 2.05) is 25.6 Å². The molecule has 3 N–H and O–H groups in total. The molecular formula is C13H26N2OS. The molecule has 0 aromatic carbocycles. The van der Waals surface area contributed by atoms with Gasteiger partial charge in [-0.05, 0) is 38.5 Å². The molecule has 0 saturated heterocycles. The van der Waals surface area contributed by atoms with Gasteiger partial charge in [0.05, 0.1) is 5.54 Å². The maximum absolute atomic E-state index is 11.4. The van der Waals surface area contributed by atoms with Crippen molar-refractivity contribution in [3.05, 3.63) is 0 Å². The largest absolute Gasteiger partial charge is 0.368 e. The summed E-state index contributed by atoms with van der Waals surface area (Å²) in [5, 5.41) is 4.02. The molecule has 1 saturated carbocycles. The third kappa shape index (κ3) is 4.88. The van der Waals surface area contributed by atoms with Gasteiger partial charge in [0.15, 0.2) is 0 Å². The van der Waals surface area contributed by atoms with Crippen molar-refractivity contribution in [3.63, 3.8) is 0 Å². The third-order valence-corrected chi connectivity index (χ3v) is 5.00. The average molecular weight is 258 g/mol. The van der Waals surface area contributed by atoms with Gasteiger partial charge in [0.1, 0.15) is 0 Å². The van der Waals surface area contributed by atoms with Crippen molar-refractivity contribution >= 4 is 17.7 Å². The quantitative estimate of drug-likeness (QED) is 0.736. The smallest absolute Gasteiger partial charge is 0.237 e. The van der Waals surface area contributed by atoms with Crippen LogP contribution in [0.5, 0.6) is 0 Å². The highest BCUT2D eigenvalue weighted by Crippen LogP contribution is 2.29. The Bertz CT molecular complexity index is 242. The molecule has 1 aliphatic rings. The van der Waals surface area contributed by atoms with Crippen molar-refractivity contribution < 1.29 is 4.79 Å². The lowest BCUT2D eigenvalue weighted by Crippen LogP contribution is -2.53. The molecule has 0 aromatic rings. The lowest BCUT2D eigenvalue weighted by molar-refractivity contribution is -0.123. The normalized spacial score (nSPS) is 21.1. The SMILES string of the molecule is CCNC(C)(CCSC1CCCCC1)C(N)=O. The van der Waals surface area contributed by atoms with E-state index in [0.717, 1.165) is 24.0 Å². The number of rotatable bonds is 7. The average Bonchev–Trinajstić information content (AvgIpc) is 2.30. The van der Waals surface area contributed by atoms with Gasteiger partial charge in [-0.2, -0.15) is 11.8 Å². The van der Waals surface area contributed by atoms with Gasteiger partial charge >= 0.3 is 0 Å². The van der Waals surface area contributed by atoms with E-state index in [9.17, 15) is 4.79 Å². The number of likely N-dealkylation sites (N-methyl/N-ethyl adjacent to an activating group) is 1. The van der Waals surface area contributed by atoms with Crippen molar-refractivity contribution in [2.75, 3.05) is 12.3 Å². The number of hydrogen-bond acceptors (Lipinski definition) is 3. The van der Waals surface area contributed by atoms with Crippen LogP contribution in [0.4, 0.5) is 0 Å². The van der Waals surface area contributed by atoms with Gasteiger partial charge in [-0.1, -0.05) is 26.2 Å². The fourth-order valence-corrected chi connectivity index (χ4v) is 3.88. The number of nitrogens with one attached hydrogen (secondary N) is 1. The first-order chi connectivity index (χ1) is 8.08. The molecule has 1 aliphatic carbocycles. The second-order valence-corrected chi connectivity index (χ2v) is 6.52. The summed E-state index contributed by atoms with van der Waals surface area (Å²) in [5.74, 6) is 0.792. The molecule has 17 heavy (non-hydrogen) atoms. The molecule has 1 atom stereocenters. The zero-order valence-corrected chi connectivity index (χ0v) is 11.9. The second kappa shape index (κ2) is 7.27. The van der Waals surface area contributed by atoms with E-state index in [0.29, 0.717) is 0 Å². The fraction of sp³-hybridized carbons (Fsp3) is 0.923. The molecule has 0 spiro atoms. The first-order valence-electron chi connectivity index (χ1n) is 6.75. The Morgan fingerprint density at radius 1 is 1.41 bits per heavy atom. The molecule has 1 fully saturated rings. The molecule has 0 radical (unpaired) electrons. The molecule has 1 rings (SSSR count). The van der Waals surface area contributed by atoms with Crippen LogP contribution in [0.25, 0.3) is 0 Å². The molecule has 0 bridgehead atoms. The molecule has 1 unspecified atom stereocenters. The number of thioether (sulfide) groups is 1. The summed E-state index contributed by atoms with van der Waals surface area (Å²) in [6.07, 6.45) is 7.67. The summed E-state index contributed by atoms with van der Waals surface area (Å²) in [4.78, 5) is 11.4. The molecule has 3 nitrogen and oxygen atoms in total. The summed E-state index contributed by atoms with van der Waals surface area (Å²) in [7, 11) is 0. The van der Waals surface area contributed by atoms with Gasteiger partial charge in [0.2, 0.25) is 5.91 Å². The number of primary amides is 1. The highest BCUT2D eigenvalue weighted by atomic mass is 32.2. The Morgan fingerprint density at radius 2 is 2.06 bits per heavy atom. The maximum atomic E-state index is 11.4. The van der Waals surface area contributed by atoms with Crippen LogP contribution < -0.4 is 11.1 Å². The van der Waals surface area contributed by atoms with Crippen LogP contribution in [0.1, 0.15) is 52.4 Å². The molecule has 0 aromatic heterocycles. The maximum Gasteiger partial charge on any atom is 0.237 e. The lowest BCUT2D eigenvalue weighted by atomic mass is 9.98. The highest BCUT2D eigenvalue weighted by Gasteiger charge is 2.29. The van der Waals surface area contributed by atoms with E-state index in [1.165, 1.54) is 32.1 Å². The predicted molar refractivity (Wildman–Crippen MR) is 75.2 cm³/mol. The van der Waals surface area contributed by atoms with Gasteiger partial charge < -0.3 is 11.1 Å². The summed E-state index contributed by atoms with van der Waals surface area (Å²) in [6, 6.07) is 0. The van der Waals surface area contributed by atoms with E-state index >= 15 is 0 Å². The molecule has 4 heteroatoms. The Balaban J connectivity index is 2.28. The fourth-order valence-electron chi connectivity index (χ4n) is 2.35. The Labute approximate surface area is 109 Å². The van der Waals surface area contributed by atoms with Crippen LogP contribution in [0.3, 0.4) is 0 Å². The number of carbonyl (C=O) groups is 1. The predicted octanol–water partition coefficient (Wildman–Crippen LogP) is 2.30. The Morgan fingerprint density at radius 3 is 2.59 bits per heavy atom. The van der Waals surface area contributed by atoms with Gasteiger partial charge in [-0.3, -0.25) is 4.79 Å². The van der Waals surface area contributed by atoms with Crippen molar-refractivity contribution in [2.45, 2.75) is 63.2 Å². The summed E-state index contributed by atoms with van der Waals surface area (Å²) < 4.78 is 0. The van der Waals surface area contributed by atoms with E-state index in [4.69, 9.17) is 5.73 Å². The number of nitrogens with two attached hydrogens (primary N) is 1. The minimum absolute atomic E-state index is 0.233. The first-order valence-corrected chi connectivity index (χ1v) is 7.80. The first kappa shape index (κ1) is 14.8. The van der Waals surface area contributed by atoms with Crippen LogP contribution >= 0.6 is 11.8 Å². The Hall–Kier alpha value is -0.220. The van der Waals surface area contributed by atoms with Crippen LogP contribution in [0.2, 0.25) is 0 Å². The van der Waals surface area contributed by atoms with E-state index in [1.54, 1.807) is 0 Å². The minimum atomic E-state index is -0.531. The van der Waals surface area contributed by atoms with Gasteiger partial charge in [-0.25, -0.2) is 0 Å². The van der Waals surface area contributed by atoms with Crippen molar-refractivity contribution in [2.24, 2.45) is 5.73 Å². The van der Waals surface area contributed by atoms with Crippen LogP contribution in [0.15, 0.2) is 0 Å². The van der Waals surface area contributed by atoms with Crippen molar-refractivity contribution in [1.82, 2.24) is 5.32 Å². The van der Waals surface area contributed by atoms with Crippen molar-refractivity contribution in [3.8, 4) is 0 Å². The number of carbonyl (C=O) groups excluding carboxylic acids is 1. The summed E-state index contributed by atoms with van der Waals surface area (Å²) in [6.45, 7) is 4.71. The topological polar surface area (TPSA) is 55.1 Å². The monoisotopic (exact) mass is 258 g/mol. The zero-order chi connectivity index (χ0) is 12.7. The summed E-state index contributed by atoms with van der Waals surface area (Å²) >= 11 is 2.02. The number of hydrogen-bond donors (Lipinski definition) is 2. The molecule has 1 amide bonds. The van der Waals surface area contributed by atoms with Gasteiger partial charge in [0.25, 0.3) is 0 Å². The third-order valence-electron chi connectivity index (χ3n) is 3.62. The second-order valence-electron chi connectivity index (χ2n) is 5.11. The van der Waals surface area contributed by atoms with E-state index in [2.05, 4.69) is 5.32 Å². The summed E-state index contributed by atoms with van der Waals surface area (Å²) in [5.41, 5.74) is 4.93. The molecule has 0 aliphatic heterocycles. The lowest BCUT2D eigenvalue weighted by Gasteiger charge is -2.28. The standard InChI is InChI=1S/C13H26N2OS/c1-3-15-13(2,12(14)16)9-10-17-11-7-5-4-6-8-11/h11,15H,3-10H2,1-2H3,(H2,14,16). The van der Waals surface area contributed by atoms with E-state index in [-0.39, 0.29) is 5.91 Å². The number of amides is 1. The van der Waals surface area contributed by atoms with Crippen LogP contribution in [-0.4, -0.2) is 29.0 Å². The molecule has 100 valence electrons. The van der Waals surface area contributed by atoms with E-state index < -0.39 is 5.54 Å². The van der Waals surface area contributed by atoms with Gasteiger partial charge in [-0.15, -0.1) is 0 Å². The van der Waals surface area contributed by atoms with Gasteiger partial charge in [0, 0.05) is 5.25 Å². The molecule has 0 heterocycles. The van der Waals surface area contributed by atoms with Crippen LogP contribution in [0, 0.1) is 0 Å². The highest BCUT2D eigenvalue weighted by molar-refractivity contribution is 7.99.